The van der Waals surface area contributed by atoms with Gasteiger partial charge in [0.1, 0.15) is 5.82 Å². The molecule has 6 heteroatoms. The molecule has 1 aromatic carbocycles. The third kappa shape index (κ3) is 2.87. The normalized spacial score (nSPS) is 10.5. The van der Waals surface area contributed by atoms with Crippen molar-refractivity contribution in [3.05, 3.63) is 40.9 Å². The van der Waals surface area contributed by atoms with E-state index in [9.17, 15) is 4.39 Å². The lowest BCUT2D eigenvalue weighted by Gasteiger charge is -2.05. The second-order valence-electron chi connectivity index (χ2n) is 3.39. The van der Waals surface area contributed by atoms with Crippen LogP contribution in [0.25, 0.3) is 0 Å². The van der Waals surface area contributed by atoms with Crippen LogP contribution in [-0.4, -0.2) is 9.97 Å². The van der Waals surface area contributed by atoms with Crippen LogP contribution in [0.3, 0.4) is 0 Å². The Kier molecular flexibility index (Phi) is 3.49. The Morgan fingerprint density at radius 2 is 2.18 bits per heavy atom. The predicted molar refractivity (Wildman–Crippen MR) is 66.7 cm³/mol. The maximum atomic E-state index is 13.1. The highest BCUT2D eigenvalue weighted by Gasteiger charge is 2.09. The summed E-state index contributed by atoms with van der Waals surface area (Å²) in [7, 11) is 0. The van der Waals surface area contributed by atoms with E-state index in [0.717, 1.165) is 5.69 Å². The molecule has 0 amide bonds. The highest BCUT2D eigenvalue weighted by atomic mass is 35.5. The lowest BCUT2D eigenvalue weighted by atomic mass is 10.3. The van der Waals surface area contributed by atoms with Crippen LogP contribution >= 0.6 is 23.4 Å². The first-order valence-corrected chi connectivity index (χ1v) is 5.98. The van der Waals surface area contributed by atoms with Crippen LogP contribution < -0.4 is 5.73 Å². The van der Waals surface area contributed by atoms with Gasteiger partial charge in [-0.05, 0) is 36.9 Å². The zero-order valence-electron chi connectivity index (χ0n) is 8.95. The topological polar surface area (TPSA) is 51.8 Å². The molecule has 0 aliphatic rings. The lowest BCUT2D eigenvalue weighted by Crippen LogP contribution is -1.93. The van der Waals surface area contributed by atoms with E-state index >= 15 is 0 Å². The summed E-state index contributed by atoms with van der Waals surface area (Å²) in [6.45, 7) is 1.87. The fraction of sp³-hybridized carbons (Fsp3) is 0.0909. The molecule has 1 heterocycles. The molecule has 0 unspecified atom stereocenters. The van der Waals surface area contributed by atoms with Gasteiger partial charge >= 0.3 is 0 Å². The Hall–Kier alpha value is -1.33. The first-order chi connectivity index (χ1) is 8.06. The molecule has 1 aromatic heterocycles. The maximum Gasteiger partial charge on any atom is 0.192 e. The quantitative estimate of drug-likeness (QED) is 0.671. The number of benzene rings is 1. The molecule has 0 saturated carbocycles. The van der Waals surface area contributed by atoms with E-state index in [-0.39, 0.29) is 5.02 Å². The number of nitrogens with two attached hydrogens (primary N) is 1. The smallest absolute Gasteiger partial charge is 0.192 e. The Bertz CT molecular complexity index is 562. The fourth-order valence-corrected chi connectivity index (χ4v) is 2.29. The van der Waals surface area contributed by atoms with Crippen molar-refractivity contribution < 1.29 is 4.39 Å². The summed E-state index contributed by atoms with van der Waals surface area (Å²) in [5.41, 5.74) is 6.88. The summed E-state index contributed by atoms with van der Waals surface area (Å²) in [5, 5.41) is 0.591. The van der Waals surface area contributed by atoms with Gasteiger partial charge in [0, 0.05) is 22.5 Å². The van der Waals surface area contributed by atoms with E-state index in [1.807, 2.05) is 6.92 Å². The molecule has 0 aliphatic carbocycles. The molecule has 0 saturated heterocycles. The van der Waals surface area contributed by atoms with Gasteiger partial charge in [-0.2, -0.15) is 0 Å². The molecule has 0 fully saturated rings. The second-order valence-corrected chi connectivity index (χ2v) is 4.80. The third-order valence-electron chi connectivity index (χ3n) is 2.03. The van der Waals surface area contributed by atoms with Crippen molar-refractivity contribution in [3.8, 4) is 0 Å². The Morgan fingerprint density at radius 1 is 1.41 bits per heavy atom. The number of hydrogen-bond donors (Lipinski definition) is 1. The third-order valence-corrected chi connectivity index (χ3v) is 3.27. The average Bonchev–Trinajstić information content (AvgIpc) is 2.26. The number of nitrogens with zero attached hydrogens (tertiary/aromatic N) is 2. The summed E-state index contributed by atoms with van der Waals surface area (Å²) in [6.07, 6.45) is 1.66. The van der Waals surface area contributed by atoms with E-state index in [2.05, 4.69) is 9.97 Å². The maximum absolute atomic E-state index is 13.1. The van der Waals surface area contributed by atoms with Crippen molar-refractivity contribution in [2.45, 2.75) is 17.0 Å². The first-order valence-electron chi connectivity index (χ1n) is 4.78. The number of hydrogen-bond acceptors (Lipinski definition) is 4. The second kappa shape index (κ2) is 4.89. The van der Waals surface area contributed by atoms with E-state index in [4.69, 9.17) is 17.3 Å². The number of aryl methyl sites for hydroxylation is 1. The first kappa shape index (κ1) is 12.1. The molecule has 2 aromatic rings. The van der Waals surface area contributed by atoms with E-state index in [1.54, 1.807) is 12.3 Å². The minimum Gasteiger partial charge on any atom is -0.398 e. The number of aromatic nitrogens is 2. The number of halogens is 2. The van der Waals surface area contributed by atoms with Crippen molar-refractivity contribution in [3.63, 3.8) is 0 Å². The van der Waals surface area contributed by atoms with Gasteiger partial charge in [-0.15, -0.1) is 0 Å². The Labute approximate surface area is 107 Å². The van der Waals surface area contributed by atoms with Crippen LogP contribution in [0.15, 0.2) is 34.4 Å². The molecule has 0 radical (unpaired) electrons. The summed E-state index contributed by atoms with van der Waals surface area (Å²) in [6, 6.07) is 4.47. The summed E-state index contributed by atoms with van der Waals surface area (Å²) in [4.78, 5) is 8.95. The molecular weight excluding hydrogens is 261 g/mol. The molecule has 0 aliphatic heterocycles. The molecule has 17 heavy (non-hydrogen) atoms. The van der Waals surface area contributed by atoms with Gasteiger partial charge in [0.15, 0.2) is 5.16 Å². The van der Waals surface area contributed by atoms with Gasteiger partial charge in [0.05, 0.1) is 5.02 Å². The van der Waals surface area contributed by atoms with Gasteiger partial charge in [0.2, 0.25) is 0 Å². The van der Waals surface area contributed by atoms with Crippen LogP contribution in [0.1, 0.15) is 5.69 Å². The average molecular weight is 270 g/mol. The van der Waals surface area contributed by atoms with Crippen molar-refractivity contribution in [1.29, 1.82) is 0 Å². The van der Waals surface area contributed by atoms with Crippen molar-refractivity contribution in [1.82, 2.24) is 9.97 Å². The van der Waals surface area contributed by atoms with Gasteiger partial charge in [0.25, 0.3) is 0 Å². The van der Waals surface area contributed by atoms with Crippen LogP contribution in [0.5, 0.6) is 0 Å². The highest BCUT2D eigenvalue weighted by Crippen LogP contribution is 2.33. The van der Waals surface area contributed by atoms with Crippen LogP contribution in [0, 0.1) is 12.7 Å². The summed E-state index contributed by atoms with van der Waals surface area (Å²) in [5.74, 6) is -0.529. The van der Waals surface area contributed by atoms with Crippen LogP contribution in [0.4, 0.5) is 10.1 Å². The van der Waals surface area contributed by atoms with Crippen LogP contribution in [-0.2, 0) is 0 Å². The van der Waals surface area contributed by atoms with Crippen molar-refractivity contribution >= 4 is 29.1 Å². The standard InChI is InChI=1S/C11H9ClFN3S/c1-6-2-3-15-11(16-6)17-10-4-7(12)8(13)5-9(10)14/h2-5H,14H2,1H3. The van der Waals surface area contributed by atoms with Gasteiger partial charge in [-0.3, -0.25) is 0 Å². The molecule has 2 rings (SSSR count). The number of anilines is 1. The van der Waals surface area contributed by atoms with Gasteiger partial charge in [-0.1, -0.05) is 11.6 Å². The van der Waals surface area contributed by atoms with Crippen molar-refractivity contribution in [2.24, 2.45) is 0 Å². The molecule has 3 nitrogen and oxygen atoms in total. The molecular formula is C11H9ClFN3S. The predicted octanol–water partition coefficient (Wildman–Crippen LogP) is 3.31. The monoisotopic (exact) mass is 269 g/mol. The fourth-order valence-electron chi connectivity index (χ4n) is 1.21. The summed E-state index contributed by atoms with van der Waals surface area (Å²) >= 11 is 6.95. The zero-order chi connectivity index (χ0) is 12.4. The highest BCUT2D eigenvalue weighted by molar-refractivity contribution is 7.99. The van der Waals surface area contributed by atoms with E-state index < -0.39 is 5.82 Å². The molecule has 0 atom stereocenters. The minimum absolute atomic E-state index is 0.0364. The Balaban J connectivity index is 2.33. The molecule has 0 bridgehead atoms. The number of nitrogen functional groups attached to an aromatic ring is 1. The summed E-state index contributed by atoms with van der Waals surface area (Å²) < 4.78 is 13.1. The molecule has 0 spiro atoms. The lowest BCUT2D eigenvalue weighted by molar-refractivity contribution is 0.628. The minimum atomic E-state index is -0.529. The van der Waals surface area contributed by atoms with Crippen LogP contribution in [0.2, 0.25) is 5.02 Å². The van der Waals surface area contributed by atoms with E-state index in [1.165, 1.54) is 23.9 Å². The largest absolute Gasteiger partial charge is 0.398 e. The zero-order valence-corrected chi connectivity index (χ0v) is 10.5. The molecule has 2 N–H and O–H groups in total. The molecule has 88 valence electrons. The SMILES string of the molecule is Cc1ccnc(Sc2cc(Cl)c(F)cc2N)n1. The van der Waals surface area contributed by atoms with Crippen molar-refractivity contribution in [2.75, 3.05) is 5.73 Å². The van der Waals surface area contributed by atoms with E-state index in [0.29, 0.717) is 15.7 Å². The Morgan fingerprint density at radius 3 is 2.88 bits per heavy atom. The van der Waals surface area contributed by atoms with Gasteiger partial charge in [-0.25, -0.2) is 14.4 Å². The van der Waals surface area contributed by atoms with Gasteiger partial charge < -0.3 is 5.73 Å². The number of rotatable bonds is 2.